The Morgan fingerprint density at radius 3 is 2.40 bits per heavy atom. The molecular weight excluding hydrogens is 346 g/mol. The second-order valence-electron chi connectivity index (χ2n) is 6.57. The summed E-state index contributed by atoms with van der Waals surface area (Å²) >= 11 is 0. The zero-order valence-electron chi connectivity index (χ0n) is 13.9. The fraction of sp³-hybridized carbons (Fsp3) is 0.278. The molecular formula is C18H18FO5P. The molecule has 3 rings (SSSR count). The van der Waals surface area contributed by atoms with Crippen molar-refractivity contribution in [3.05, 3.63) is 59.9 Å². The van der Waals surface area contributed by atoms with E-state index < -0.39 is 18.9 Å². The molecule has 0 radical (unpaired) electrons. The van der Waals surface area contributed by atoms with Crippen LogP contribution in [-0.4, -0.2) is 18.7 Å². The number of rotatable bonds is 4. The SMILES string of the molecule is CC1(C)COP(=O)(C(=O)c2ccc(F)c(Oc3ccccc3)c2)OC1. The molecule has 1 fully saturated rings. The van der Waals surface area contributed by atoms with Gasteiger partial charge in [-0.2, -0.15) is 0 Å². The maximum absolute atomic E-state index is 14.0. The molecule has 0 atom stereocenters. The van der Waals surface area contributed by atoms with Gasteiger partial charge < -0.3 is 13.8 Å². The van der Waals surface area contributed by atoms with Crippen molar-refractivity contribution in [3.63, 3.8) is 0 Å². The van der Waals surface area contributed by atoms with Crippen molar-refractivity contribution in [2.45, 2.75) is 13.8 Å². The van der Waals surface area contributed by atoms with Crippen molar-refractivity contribution >= 4 is 13.1 Å². The minimum atomic E-state index is -3.94. The summed E-state index contributed by atoms with van der Waals surface area (Å²) < 4.78 is 42.6. The second kappa shape index (κ2) is 6.71. The first-order valence-corrected chi connectivity index (χ1v) is 9.30. The van der Waals surface area contributed by atoms with Crippen LogP contribution in [0.15, 0.2) is 48.5 Å². The van der Waals surface area contributed by atoms with Crippen LogP contribution in [0.4, 0.5) is 4.39 Å². The van der Waals surface area contributed by atoms with Crippen LogP contribution < -0.4 is 4.74 Å². The number of benzene rings is 2. The summed E-state index contributed by atoms with van der Waals surface area (Å²) in [6.45, 7) is 4.05. The lowest BCUT2D eigenvalue weighted by Gasteiger charge is -2.33. The van der Waals surface area contributed by atoms with Crippen LogP contribution in [0, 0.1) is 11.2 Å². The molecule has 0 saturated carbocycles. The molecule has 1 aliphatic rings. The van der Waals surface area contributed by atoms with Gasteiger partial charge in [-0.15, -0.1) is 0 Å². The van der Waals surface area contributed by atoms with Crippen molar-refractivity contribution < 1.29 is 27.5 Å². The molecule has 7 heteroatoms. The topological polar surface area (TPSA) is 61.8 Å². The zero-order valence-corrected chi connectivity index (χ0v) is 14.8. The molecule has 1 aliphatic heterocycles. The van der Waals surface area contributed by atoms with Gasteiger partial charge in [-0.1, -0.05) is 32.0 Å². The van der Waals surface area contributed by atoms with Gasteiger partial charge in [-0.05, 0) is 30.3 Å². The van der Waals surface area contributed by atoms with Gasteiger partial charge in [0.05, 0.1) is 13.2 Å². The van der Waals surface area contributed by atoms with Gasteiger partial charge in [-0.3, -0.25) is 9.36 Å². The number of carbonyl (C=O) groups excluding carboxylic acids is 1. The molecule has 0 amide bonds. The Labute approximate surface area is 145 Å². The second-order valence-corrected chi connectivity index (χ2v) is 8.49. The van der Waals surface area contributed by atoms with E-state index in [2.05, 4.69) is 0 Å². The van der Waals surface area contributed by atoms with Crippen LogP contribution in [0.3, 0.4) is 0 Å². The minimum Gasteiger partial charge on any atom is -0.454 e. The lowest BCUT2D eigenvalue weighted by atomic mass is 9.97. The van der Waals surface area contributed by atoms with E-state index in [4.69, 9.17) is 13.8 Å². The molecule has 5 nitrogen and oxygen atoms in total. The Hall–Kier alpha value is -2.01. The average molecular weight is 364 g/mol. The molecule has 1 heterocycles. The fourth-order valence-electron chi connectivity index (χ4n) is 2.20. The molecule has 2 aromatic rings. The van der Waals surface area contributed by atoms with Crippen LogP contribution in [0.2, 0.25) is 0 Å². The van der Waals surface area contributed by atoms with Crippen LogP contribution >= 0.6 is 7.60 Å². The van der Waals surface area contributed by atoms with Crippen LogP contribution in [-0.2, 0) is 13.6 Å². The first kappa shape index (κ1) is 17.8. The van der Waals surface area contributed by atoms with E-state index in [0.717, 1.165) is 6.07 Å². The number of ether oxygens (including phenoxy) is 1. The van der Waals surface area contributed by atoms with E-state index >= 15 is 0 Å². The van der Waals surface area contributed by atoms with Gasteiger partial charge >= 0.3 is 7.60 Å². The lowest BCUT2D eigenvalue weighted by molar-refractivity contribution is 0.0390. The average Bonchev–Trinajstić information content (AvgIpc) is 2.60. The smallest absolute Gasteiger partial charge is 0.401 e. The molecule has 0 aromatic heterocycles. The molecule has 2 aromatic carbocycles. The van der Waals surface area contributed by atoms with Gasteiger partial charge in [0.25, 0.3) is 5.52 Å². The van der Waals surface area contributed by atoms with E-state index in [1.54, 1.807) is 30.3 Å². The Bertz CT molecular complexity index is 821. The van der Waals surface area contributed by atoms with Crippen molar-refractivity contribution in [1.82, 2.24) is 0 Å². The number of para-hydroxylation sites is 1. The van der Waals surface area contributed by atoms with Gasteiger partial charge in [0.1, 0.15) is 5.75 Å². The maximum atomic E-state index is 14.0. The predicted octanol–water partition coefficient (Wildman–Crippen LogP) is 5.02. The molecule has 132 valence electrons. The van der Waals surface area contributed by atoms with Crippen LogP contribution in [0.25, 0.3) is 0 Å². The highest BCUT2D eigenvalue weighted by Gasteiger charge is 2.43. The summed E-state index contributed by atoms with van der Waals surface area (Å²) in [5.74, 6) is -0.351. The first-order valence-electron chi connectivity index (χ1n) is 7.76. The monoisotopic (exact) mass is 364 g/mol. The summed E-state index contributed by atoms with van der Waals surface area (Å²) in [6.07, 6.45) is 0. The summed E-state index contributed by atoms with van der Waals surface area (Å²) in [6, 6.07) is 12.1. The van der Waals surface area contributed by atoms with E-state index in [0.29, 0.717) is 5.75 Å². The van der Waals surface area contributed by atoms with Gasteiger partial charge in [0, 0.05) is 11.0 Å². The number of hydrogen-bond acceptors (Lipinski definition) is 5. The number of carbonyl (C=O) groups is 1. The van der Waals surface area contributed by atoms with Gasteiger partial charge in [-0.25, -0.2) is 4.39 Å². The Kier molecular flexibility index (Phi) is 4.78. The lowest BCUT2D eigenvalue weighted by Crippen LogP contribution is -2.31. The molecule has 0 bridgehead atoms. The van der Waals surface area contributed by atoms with E-state index in [1.165, 1.54) is 12.1 Å². The molecule has 1 saturated heterocycles. The molecule has 0 aliphatic carbocycles. The highest BCUT2D eigenvalue weighted by molar-refractivity contribution is 7.72. The molecule has 0 N–H and O–H groups in total. The maximum Gasteiger partial charge on any atom is 0.401 e. The van der Waals surface area contributed by atoms with Crippen molar-refractivity contribution in [3.8, 4) is 11.5 Å². The zero-order chi connectivity index (χ0) is 18.1. The first-order chi connectivity index (χ1) is 11.8. The standard InChI is InChI=1S/C18H18FO5P/c1-18(2)11-22-25(21,23-12-18)17(20)13-8-9-15(19)16(10-13)24-14-6-4-3-5-7-14/h3-10H,11-12H2,1-2H3. The number of hydrogen-bond donors (Lipinski definition) is 0. The third-order valence-corrected chi connectivity index (χ3v) is 5.34. The van der Waals surface area contributed by atoms with E-state index in [1.807, 2.05) is 13.8 Å². The summed E-state index contributed by atoms with van der Waals surface area (Å²) in [7, 11) is -3.94. The fourth-order valence-corrected chi connectivity index (χ4v) is 4.01. The van der Waals surface area contributed by atoms with E-state index in [-0.39, 0.29) is 29.9 Å². The molecule has 0 unspecified atom stereocenters. The largest absolute Gasteiger partial charge is 0.454 e. The normalized spacial score (nSPS) is 18.5. The third-order valence-electron chi connectivity index (χ3n) is 3.65. The van der Waals surface area contributed by atoms with Crippen molar-refractivity contribution in [2.75, 3.05) is 13.2 Å². The highest BCUT2D eigenvalue weighted by atomic mass is 31.2. The highest BCUT2D eigenvalue weighted by Crippen LogP contribution is 2.56. The van der Waals surface area contributed by atoms with E-state index in [9.17, 15) is 13.8 Å². The predicted molar refractivity (Wildman–Crippen MR) is 90.5 cm³/mol. The van der Waals surface area contributed by atoms with Crippen molar-refractivity contribution in [2.24, 2.45) is 5.41 Å². The van der Waals surface area contributed by atoms with Gasteiger partial charge in [0.2, 0.25) is 0 Å². The summed E-state index contributed by atoms with van der Waals surface area (Å²) in [4.78, 5) is 12.6. The summed E-state index contributed by atoms with van der Waals surface area (Å²) in [5.41, 5.74) is -1.12. The summed E-state index contributed by atoms with van der Waals surface area (Å²) in [5, 5.41) is 0. The number of halogens is 1. The Balaban J connectivity index is 1.84. The Morgan fingerprint density at radius 1 is 1.12 bits per heavy atom. The molecule has 0 spiro atoms. The third kappa shape index (κ3) is 3.98. The Morgan fingerprint density at radius 2 is 1.76 bits per heavy atom. The van der Waals surface area contributed by atoms with Crippen molar-refractivity contribution in [1.29, 1.82) is 0 Å². The molecule has 25 heavy (non-hydrogen) atoms. The quantitative estimate of drug-likeness (QED) is 0.713. The van der Waals surface area contributed by atoms with Crippen LogP contribution in [0.5, 0.6) is 11.5 Å². The van der Waals surface area contributed by atoms with Gasteiger partial charge in [0.15, 0.2) is 11.6 Å². The minimum absolute atomic E-state index is 0.00960. The van der Waals surface area contributed by atoms with Crippen LogP contribution in [0.1, 0.15) is 24.2 Å².